The average molecular weight is 414 g/mol. The van der Waals surface area contributed by atoms with Gasteiger partial charge in [-0.15, -0.1) is 0 Å². The second-order valence-corrected chi connectivity index (χ2v) is 8.87. The summed E-state index contributed by atoms with van der Waals surface area (Å²) in [5.41, 5.74) is 7.88. The third-order valence-electron chi connectivity index (χ3n) is 5.28. The van der Waals surface area contributed by atoms with E-state index in [1.165, 1.54) is 26.5 Å². The Hall–Kier alpha value is -2.85. The minimum atomic E-state index is 0.793. The first-order chi connectivity index (χ1) is 14.5. The number of benzene rings is 2. The van der Waals surface area contributed by atoms with Crippen molar-refractivity contribution < 1.29 is 0 Å². The molecule has 0 aliphatic heterocycles. The molecule has 0 atom stereocenters. The lowest BCUT2D eigenvalue weighted by molar-refractivity contribution is 0.887. The van der Waals surface area contributed by atoms with Crippen molar-refractivity contribution in [1.29, 1.82) is 0 Å². The van der Waals surface area contributed by atoms with Crippen LogP contribution in [0.2, 0.25) is 0 Å². The summed E-state index contributed by atoms with van der Waals surface area (Å²) >= 11 is 1.79. The molecule has 4 aromatic rings. The van der Waals surface area contributed by atoms with E-state index in [-0.39, 0.29) is 0 Å². The maximum absolute atomic E-state index is 4.74. The highest BCUT2D eigenvalue weighted by molar-refractivity contribution is 7.99. The van der Waals surface area contributed by atoms with E-state index in [1.807, 2.05) is 12.3 Å². The van der Waals surface area contributed by atoms with Crippen LogP contribution in [0.1, 0.15) is 35.7 Å². The summed E-state index contributed by atoms with van der Waals surface area (Å²) in [6.45, 7) is 8.61. The maximum Gasteiger partial charge on any atom is 0.161 e. The van der Waals surface area contributed by atoms with E-state index < -0.39 is 0 Å². The summed E-state index contributed by atoms with van der Waals surface area (Å²) in [5, 5.41) is 4.70. The first-order valence-electron chi connectivity index (χ1n) is 10.4. The van der Waals surface area contributed by atoms with Gasteiger partial charge in [-0.25, -0.2) is 9.97 Å². The molecule has 0 aliphatic rings. The molecule has 0 radical (unpaired) electrons. The Labute approximate surface area is 183 Å². The number of aryl methyl sites for hydroxylation is 4. The molecule has 2 heterocycles. The maximum atomic E-state index is 4.74. The number of aromatic nitrogens is 2. The second-order valence-electron chi connectivity index (χ2n) is 7.76. The molecule has 0 spiro atoms. The Bertz CT molecular complexity index is 1200. The van der Waals surface area contributed by atoms with Crippen LogP contribution in [0.5, 0.6) is 0 Å². The zero-order valence-electron chi connectivity index (χ0n) is 18.0. The monoisotopic (exact) mass is 413 g/mol. The predicted octanol–water partition coefficient (Wildman–Crippen LogP) is 7.40. The molecular formula is C26H27N3S. The van der Waals surface area contributed by atoms with Crippen molar-refractivity contribution >= 4 is 34.2 Å². The number of rotatable bonds is 6. The van der Waals surface area contributed by atoms with Crippen molar-refractivity contribution in [3.05, 3.63) is 83.2 Å². The van der Waals surface area contributed by atoms with Gasteiger partial charge in [0.25, 0.3) is 0 Å². The standard InChI is InChI=1S/C26H27N3S/c1-5-6-20-9-11-22-23(13-14-27-26(22)28-20)29-24-15-17(2)7-12-25(24)30-21-10-8-18(3)19(4)16-21/h7-16H,5-6H2,1-4H3,(H,27,28,29). The van der Waals surface area contributed by atoms with Gasteiger partial charge in [0.15, 0.2) is 5.65 Å². The molecule has 4 rings (SSSR count). The van der Waals surface area contributed by atoms with Crippen molar-refractivity contribution in [3.63, 3.8) is 0 Å². The minimum absolute atomic E-state index is 0.793. The molecule has 30 heavy (non-hydrogen) atoms. The van der Waals surface area contributed by atoms with Crippen molar-refractivity contribution in [3.8, 4) is 0 Å². The topological polar surface area (TPSA) is 37.8 Å². The van der Waals surface area contributed by atoms with Gasteiger partial charge in [0.1, 0.15) is 0 Å². The number of pyridine rings is 2. The average Bonchev–Trinajstić information content (AvgIpc) is 2.73. The van der Waals surface area contributed by atoms with E-state index >= 15 is 0 Å². The van der Waals surface area contributed by atoms with E-state index in [4.69, 9.17) is 4.98 Å². The molecule has 0 aliphatic carbocycles. The van der Waals surface area contributed by atoms with Crippen LogP contribution in [0.15, 0.2) is 70.6 Å². The summed E-state index contributed by atoms with van der Waals surface area (Å²) in [6.07, 6.45) is 3.89. The molecule has 0 bridgehead atoms. The summed E-state index contributed by atoms with van der Waals surface area (Å²) < 4.78 is 0. The summed E-state index contributed by atoms with van der Waals surface area (Å²) in [5.74, 6) is 0. The first kappa shape index (κ1) is 20.4. The van der Waals surface area contributed by atoms with Gasteiger partial charge in [-0.05, 0) is 86.3 Å². The number of nitrogens with zero attached hydrogens (tertiary/aromatic N) is 2. The van der Waals surface area contributed by atoms with Gasteiger partial charge < -0.3 is 5.32 Å². The first-order valence-corrected chi connectivity index (χ1v) is 11.2. The lowest BCUT2D eigenvalue weighted by atomic mass is 10.1. The summed E-state index contributed by atoms with van der Waals surface area (Å²) in [7, 11) is 0. The minimum Gasteiger partial charge on any atom is -0.354 e. The molecule has 3 nitrogen and oxygen atoms in total. The fourth-order valence-corrected chi connectivity index (χ4v) is 4.43. The van der Waals surface area contributed by atoms with Gasteiger partial charge in [-0.3, -0.25) is 0 Å². The van der Waals surface area contributed by atoms with E-state index in [9.17, 15) is 0 Å². The molecule has 0 unspecified atom stereocenters. The molecule has 0 fully saturated rings. The fraction of sp³-hybridized carbons (Fsp3) is 0.231. The Kier molecular flexibility index (Phi) is 6.05. The third kappa shape index (κ3) is 4.49. The van der Waals surface area contributed by atoms with Gasteiger partial charge in [-0.1, -0.05) is 37.2 Å². The largest absolute Gasteiger partial charge is 0.354 e. The Morgan fingerprint density at radius 2 is 1.73 bits per heavy atom. The molecule has 0 saturated carbocycles. The number of fused-ring (bicyclic) bond motifs is 1. The SMILES string of the molecule is CCCc1ccc2c(Nc3cc(C)ccc3Sc3ccc(C)c(C)c3)ccnc2n1. The van der Waals surface area contributed by atoms with Gasteiger partial charge in [0.05, 0.1) is 11.4 Å². The van der Waals surface area contributed by atoms with Crippen LogP contribution in [-0.2, 0) is 6.42 Å². The smallest absolute Gasteiger partial charge is 0.161 e. The molecule has 0 saturated heterocycles. The fourth-order valence-electron chi connectivity index (χ4n) is 3.45. The highest BCUT2D eigenvalue weighted by Crippen LogP contribution is 2.37. The van der Waals surface area contributed by atoms with Crippen LogP contribution >= 0.6 is 11.8 Å². The molecule has 2 aromatic carbocycles. The highest BCUT2D eigenvalue weighted by Gasteiger charge is 2.10. The van der Waals surface area contributed by atoms with Crippen molar-refractivity contribution in [1.82, 2.24) is 9.97 Å². The summed E-state index contributed by atoms with van der Waals surface area (Å²) in [6, 6.07) is 19.5. The number of nitrogens with one attached hydrogen (secondary N) is 1. The third-order valence-corrected chi connectivity index (χ3v) is 6.34. The van der Waals surface area contributed by atoms with Crippen LogP contribution in [0.25, 0.3) is 11.0 Å². The van der Waals surface area contributed by atoms with Crippen LogP contribution in [0.4, 0.5) is 11.4 Å². The van der Waals surface area contributed by atoms with Crippen LogP contribution in [0, 0.1) is 20.8 Å². The molecule has 1 N–H and O–H groups in total. The van der Waals surface area contributed by atoms with Gasteiger partial charge >= 0.3 is 0 Å². The molecule has 2 aromatic heterocycles. The predicted molar refractivity (Wildman–Crippen MR) is 128 cm³/mol. The van der Waals surface area contributed by atoms with E-state index in [0.717, 1.165) is 40.9 Å². The van der Waals surface area contributed by atoms with Gasteiger partial charge in [0, 0.05) is 27.1 Å². The molecule has 152 valence electrons. The van der Waals surface area contributed by atoms with Crippen LogP contribution < -0.4 is 5.32 Å². The Morgan fingerprint density at radius 3 is 2.53 bits per heavy atom. The van der Waals surface area contributed by atoms with Crippen molar-refractivity contribution in [2.45, 2.75) is 50.3 Å². The lowest BCUT2D eigenvalue weighted by Crippen LogP contribution is -1.98. The molecule has 4 heteroatoms. The quantitative estimate of drug-likeness (QED) is 0.357. The summed E-state index contributed by atoms with van der Waals surface area (Å²) in [4.78, 5) is 11.7. The zero-order chi connectivity index (χ0) is 21.1. The van der Waals surface area contributed by atoms with E-state index in [1.54, 1.807) is 11.8 Å². The normalized spacial score (nSPS) is 11.1. The lowest BCUT2D eigenvalue weighted by Gasteiger charge is -2.15. The Morgan fingerprint density at radius 1 is 0.867 bits per heavy atom. The van der Waals surface area contributed by atoms with Crippen LogP contribution in [0.3, 0.4) is 0 Å². The van der Waals surface area contributed by atoms with Gasteiger partial charge in [-0.2, -0.15) is 0 Å². The number of hydrogen-bond acceptors (Lipinski definition) is 4. The number of hydrogen-bond donors (Lipinski definition) is 1. The zero-order valence-corrected chi connectivity index (χ0v) is 18.8. The molecule has 0 amide bonds. The molecular weight excluding hydrogens is 386 g/mol. The highest BCUT2D eigenvalue weighted by atomic mass is 32.2. The van der Waals surface area contributed by atoms with Crippen molar-refractivity contribution in [2.24, 2.45) is 0 Å². The van der Waals surface area contributed by atoms with E-state index in [2.05, 4.69) is 86.5 Å². The second kappa shape index (κ2) is 8.88. The van der Waals surface area contributed by atoms with E-state index in [0.29, 0.717) is 0 Å². The number of anilines is 2. The Balaban J connectivity index is 1.69. The van der Waals surface area contributed by atoms with Gasteiger partial charge in [0.2, 0.25) is 0 Å². The van der Waals surface area contributed by atoms with Crippen LogP contribution in [-0.4, -0.2) is 9.97 Å². The van der Waals surface area contributed by atoms with Crippen molar-refractivity contribution in [2.75, 3.05) is 5.32 Å².